The van der Waals surface area contributed by atoms with E-state index in [0.29, 0.717) is 25.1 Å². The molecule has 1 amide bonds. The number of methoxy groups -OCH3 is 1. The number of ether oxygens (including phenoxy) is 1. The molecule has 0 radical (unpaired) electrons. The lowest BCUT2D eigenvalue weighted by Gasteiger charge is -2.14. The minimum absolute atomic E-state index is 0.0258. The second-order valence-electron chi connectivity index (χ2n) is 4.13. The van der Waals surface area contributed by atoms with Crippen LogP contribution < -0.4 is 10.6 Å². The second-order valence-corrected chi connectivity index (χ2v) is 4.13. The van der Waals surface area contributed by atoms with Gasteiger partial charge in [-0.3, -0.25) is 9.59 Å². The summed E-state index contributed by atoms with van der Waals surface area (Å²) >= 11 is 0. The molecule has 0 unspecified atom stereocenters. The van der Waals surface area contributed by atoms with Crippen LogP contribution in [0.4, 0.5) is 24.5 Å². The van der Waals surface area contributed by atoms with E-state index in [1.165, 1.54) is 13.2 Å². The second kappa shape index (κ2) is 7.51. The first-order chi connectivity index (χ1) is 9.88. The molecule has 0 aromatic heterocycles. The predicted octanol–water partition coefficient (Wildman–Crippen LogP) is 2.64. The summed E-state index contributed by atoms with van der Waals surface area (Å²) in [6.07, 6.45) is -3.54. The number of benzene rings is 1. The van der Waals surface area contributed by atoms with Gasteiger partial charge in [-0.25, -0.2) is 0 Å². The number of anilines is 2. The fourth-order valence-corrected chi connectivity index (χ4v) is 1.62. The van der Waals surface area contributed by atoms with E-state index < -0.39 is 11.7 Å². The Balaban J connectivity index is 2.72. The van der Waals surface area contributed by atoms with Gasteiger partial charge >= 0.3 is 12.1 Å². The third-order valence-corrected chi connectivity index (χ3v) is 2.66. The zero-order valence-electron chi connectivity index (χ0n) is 11.3. The summed E-state index contributed by atoms with van der Waals surface area (Å²) in [5, 5.41) is 5.07. The highest BCUT2D eigenvalue weighted by Gasteiger charge is 2.31. The molecule has 0 saturated carbocycles. The molecule has 0 aliphatic rings. The quantitative estimate of drug-likeness (QED) is 0.462. The van der Waals surface area contributed by atoms with Crippen molar-refractivity contribution < 1.29 is 27.5 Å². The summed E-state index contributed by atoms with van der Waals surface area (Å²) < 4.78 is 42.2. The third-order valence-electron chi connectivity index (χ3n) is 2.66. The molecular weight excluding hydrogens is 289 g/mol. The Hall–Kier alpha value is -2.25. The lowest BCUT2D eigenvalue weighted by Crippen LogP contribution is -2.10. The Kier molecular flexibility index (Phi) is 6.01. The van der Waals surface area contributed by atoms with Crippen LogP contribution in [0.1, 0.15) is 18.4 Å². The fourth-order valence-electron chi connectivity index (χ4n) is 1.62. The highest BCUT2D eigenvalue weighted by atomic mass is 19.4. The molecule has 5 nitrogen and oxygen atoms in total. The van der Waals surface area contributed by atoms with Gasteiger partial charge < -0.3 is 15.4 Å². The number of nitrogens with one attached hydrogen (secondary N) is 2. The first kappa shape index (κ1) is 16.8. The number of esters is 1. The maximum atomic E-state index is 12.6. The average molecular weight is 304 g/mol. The third kappa shape index (κ3) is 5.33. The van der Waals surface area contributed by atoms with Crippen molar-refractivity contribution in [2.75, 3.05) is 24.3 Å². The molecule has 0 fully saturated rings. The van der Waals surface area contributed by atoms with E-state index in [-0.39, 0.29) is 18.1 Å². The molecule has 8 heteroatoms. The van der Waals surface area contributed by atoms with Crippen molar-refractivity contribution in [2.24, 2.45) is 0 Å². The molecule has 2 N–H and O–H groups in total. The Bertz CT molecular complexity index is 504. The number of carbonyl (C=O) groups excluding carboxylic acids is 2. The van der Waals surface area contributed by atoms with Crippen LogP contribution in [0.3, 0.4) is 0 Å². The minimum atomic E-state index is -4.48. The number of carbonyl (C=O) groups is 2. The maximum absolute atomic E-state index is 12.6. The van der Waals surface area contributed by atoms with Gasteiger partial charge in [0.2, 0.25) is 6.41 Å². The van der Waals surface area contributed by atoms with Gasteiger partial charge in [-0.2, -0.15) is 13.2 Å². The largest absolute Gasteiger partial charge is 0.469 e. The van der Waals surface area contributed by atoms with Crippen LogP contribution in [0, 0.1) is 0 Å². The van der Waals surface area contributed by atoms with E-state index in [0.717, 1.165) is 12.1 Å². The Morgan fingerprint density at radius 1 is 1.33 bits per heavy atom. The van der Waals surface area contributed by atoms with E-state index in [1.807, 2.05) is 0 Å². The number of hydrogen-bond donors (Lipinski definition) is 2. The van der Waals surface area contributed by atoms with Crippen molar-refractivity contribution in [3.8, 4) is 0 Å². The average Bonchev–Trinajstić information content (AvgIpc) is 2.43. The standard InChI is InChI=1S/C13H15F3N2O3/c1-21-12(20)3-2-6-17-10-5-4-9(13(14,15)16)7-11(10)18-8-19/h4-5,7-8,17H,2-3,6H2,1H3,(H,18,19). The lowest BCUT2D eigenvalue weighted by atomic mass is 10.1. The number of alkyl halides is 3. The summed E-state index contributed by atoms with van der Waals surface area (Å²) in [4.78, 5) is 21.4. The molecule has 0 aliphatic carbocycles. The lowest BCUT2D eigenvalue weighted by molar-refractivity contribution is -0.140. The number of amides is 1. The monoisotopic (exact) mass is 304 g/mol. The molecule has 0 spiro atoms. The molecule has 0 heterocycles. The van der Waals surface area contributed by atoms with Crippen molar-refractivity contribution in [3.63, 3.8) is 0 Å². The normalized spacial score (nSPS) is 10.9. The zero-order valence-corrected chi connectivity index (χ0v) is 11.3. The Morgan fingerprint density at radius 3 is 2.62 bits per heavy atom. The molecule has 1 aromatic carbocycles. The SMILES string of the molecule is COC(=O)CCCNc1ccc(C(F)(F)F)cc1NC=O. The molecule has 0 saturated heterocycles. The smallest absolute Gasteiger partial charge is 0.416 e. The molecule has 0 aliphatic heterocycles. The fraction of sp³-hybridized carbons (Fsp3) is 0.385. The van der Waals surface area contributed by atoms with E-state index in [9.17, 15) is 22.8 Å². The van der Waals surface area contributed by atoms with Gasteiger partial charge in [0.05, 0.1) is 24.0 Å². The van der Waals surface area contributed by atoms with Crippen molar-refractivity contribution in [1.82, 2.24) is 0 Å². The van der Waals surface area contributed by atoms with Crippen LogP contribution in [0.25, 0.3) is 0 Å². The Morgan fingerprint density at radius 2 is 2.05 bits per heavy atom. The van der Waals surface area contributed by atoms with Crippen LogP contribution in [0.2, 0.25) is 0 Å². The van der Waals surface area contributed by atoms with Gasteiger partial charge in [0.15, 0.2) is 0 Å². The van der Waals surface area contributed by atoms with Crippen molar-refractivity contribution >= 4 is 23.8 Å². The van der Waals surface area contributed by atoms with Crippen LogP contribution in [-0.2, 0) is 20.5 Å². The molecule has 1 rings (SSSR count). The summed E-state index contributed by atoms with van der Waals surface area (Å²) in [6, 6.07) is 2.99. The minimum Gasteiger partial charge on any atom is -0.469 e. The van der Waals surface area contributed by atoms with Gasteiger partial charge in [0.25, 0.3) is 0 Å². The van der Waals surface area contributed by atoms with Gasteiger partial charge in [0, 0.05) is 13.0 Å². The number of halogens is 3. The summed E-state index contributed by atoms with van der Waals surface area (Å²) in [6.45, 7) is 0.355. The van der Waals surface area contributed by atoms with E-state index in [2.05, 4.69) is 15.4 Å². The van der Waals surface area contributed by atoms with Gasteiger partial charge in [-0.15, -0.1) is 0 Å². The molecule has 0 atom stereocenters. The number of hydrogen-bond acceptors (Lipinski definition) is 4. The maximum Gasteiger partial charge on any atom is 0.416 e. The highest BCUT2D eigenvalue weighted by molar-refractivity contribution is 5.81. The zero-order chi connectivity index (χ0) is 15.9. The van der Waals surface area contributed by atoms with Gasteiger partial charge in [-0.05, 0) is 24.6 Å². The van der Waals surface area contributed by atoms with Crippen LogP contribution in [-0.4, -0.2) is 26.0 Å². The summed E-state index contributed by atoms with van der Waals surface area (Å²) in [7, 11) is 1.28. The first-order valence-electron chi connectivity index (χ1n) is 6.10. The van der Waals surface area contributed by atoms with Gasteiger partial charge in [-0.1, -0.05) is 0 Å². The van der Waals surface area contributed by atoms with Crippen molar-refractivity contribution in [2.45, 2.75) is 19.0 Å². The van der Waals surface area contributed by atoms with E-state index in [1.54, 1.807) is 0 Å². The molecule has 116 valence electrons. The topological polar surface area (TPSA) is 67.4 Å². The van der Waals surface area contributed by atoms with Crippen molar-refractivity contribution in [3.05, 3.63) is 23.8 Å². The molecule has 21 heavy (non-hydrogen) atoms. The first-order valence-corrected chi connectivity index (χ1v) is 6.10. The molecule has 1 aromatic rings. The molecule has 0 bridgehead atoms. The number of rotatable bonds is 7. The van der Waals surface area contributed by atoms with Crippen LogP contribution in [0.5, 0.6) is 0 Å². The Labute approximate surface area is 119 Å². The summed E-state index contributed by atoms with van der Waals surface area (Å²) in [5.41, 5.74) is -0.482. The summed E-state index contributed by atoms with van der Waals surface area (Å²) in [5.74, 6) is -0.365. The predicted molar refractivity (Wildman–Crippen MR) is 70.9 cm³/mol. The molecular formula is C13H15F3N2O3. The van der Waals surface area contributed by atoms with Crippen LogP contribution in [0.15, 0.2) is 18.2 Å². The highest BCUT2D eigenvalue weighted by Crippen LogP contribution is 2.33. The van der Waals surface area contributed by atoms with E-state index in [4.69, 9.17) is 0 Å². The van der Waals surface area contributed by atoms with Crippen LogP contribution >= 0.6 is 0 Å². The van der Waals surface area contributed by atoms with Crippen molar-refractivity contribution in [1.29, 1.82) is 0 Å². The van der Waals surface area contributed by atoms with Gasteiger partial charge in [0.1, 0.15) is 0 Å². The van der Waals surface area contributed by atoms with E-state index >= 15 is 0 Å².